The van der Waals surface area contributed by atoms with Crippen LogP contribution in [0.1, 0.15) is 19.4 Å². The topological polar surface area (TPSA) is 38.3 Å². The monoisotopic (exact) mass is 233 g/mol. The Morgan fingerprint density at radius 3 is 2.53 bits per heavy atom. The average Bonchev–Trinajstić information content (AvgIpc) is 2.26. The van der Waals surface area contributed by atoms with Crippen LogP contribution in [0.3, 0.4) is 0 Å². The minimum absolute atomic E-state index is 0.0718. The summed E-state index contributed by atoms with van der Waals surface area (Å²) in [4.78, 5) is 11.3. The number of amides is 1. The third kappa shape index (κ3) is 5.76. The van der Waals surface area contributed by atoms with Gasteiger partial charge in [0.2, 0.25) is 5.91 Å². The Morgan fingerprint density at radius 1 is 1.29 bits per heavy atom. The van der Waals surface area contributed by atoms with Crippen molar-refractivity contribution in [1.82, 2.24) is 5.32 Å². The number of hydrogen-bond donors (Lipinski definition) is 1. The van der Waals surface area contributed by atoms with Crippen molar-refractivity contribution >= 4 is 5.91 Å². The quantitative estimate of drug-likeness (QED) is 0.626. The van der Waals surface area contributed by atoms with E-state index in [0.717, 1.165) is 11.3 Å². The van der Waals surface area contributed by atoms with Gasteiger partial charge in [-0.2, -0.15) is 0 Å². The number of rotatable bonds is 5. The molecule has 0 atom stereocenters. The summed E-state index contributed by atoms with van der Waals surface area (Å²) in [5.74, 6) is 0.754. The van der Waals surface area contributed by atoms with E-state index in [-0.39, 0.29) is 5.91 Å². The van der Waals surface area contributed by atoms with E-state index in [2.05, 4.69) is 5.32 Å². The molecule has 0 spiro atoms. The van der Waals surface area contributed by atoms with Gasteiger partial charge < -0.3 is 10.1 Å². The van der Waals surface area contributed by atoms with Gasteiger partial charge >= 0.3 is 0 Å². The zero-order valence-corrected chi connectivity index (χ0v) is 10.6. The first-order valence-electron chi connectivity index (χ1n) is 5.70. The fourth-order valence-electron chi connectivity index (χ4n) is 1.29. The van der Waals surface area contributed by atoms with E-state index in [1.54, 1.807) is 6.08 Å². The smallest absolute Gasteiger partial charge is 0.244 e. The van der Waals surface area contributed by atoms with Crippen molar-refractivity contribution in [2.75, 3.05) is 13.2 Å². The molecule has 92 valence electrons. The van der Waals surface area contributed by atoms with Gasteiger partial charge in [-0.3, -0.25) is 4.79 Å². The molecule has 1 amide bonds. The first-order chi connectivity index (χ1) is 8.08. The molecular formula is C14H19NO2. The second-order valence-corrected chi connectivity index (χ2v) is 4.17. The molecule has 0 heterocycles. The second-order valence-electron chi connectivity index (χ2n) is 4.17. The largest absolute Gasteiger partial charge is 0.492 e. The Balaban J connectivity index is 2.22. The van der Waals surface area contributed by atoms with E-state index in [1.807, 2.05) is 45.0 Å². The van der Waals surface area contributed by atoms with E-state index >= 15 is 0 Å². The van der Waals surface area contributed by atoms with Gasteiger partial charge in [-0.1, -0.05) is 23.3 Å². The van der Waals surface area contributed by atoms with Crippen LogP contribution in [0.4, 0.5) is 0 Å². The summed E-state index contributed by atoms with van der Waals surface area (Å²) in [6, 6.07) is 7.84. The lowest BCUT2D eigenvalue weighted by Crippen LogP contribution is -2.26. The lowest BCUT2D eigenvalue weighted by molar-refractivity contribution is -0.116. The molecule has 1 rings (SSSR count). The summed E-state index contributed by atoms with van der Waals surface area (Å²) in [6.07, 6.45) is 1.58. The molecular weight excluding hydrogens is 214 g/mol. The molecule has 0 radical (unpaired) electrons. The molecule has 0 unspecified atom stereocenters. The highest BCUT2D eigenvalue weighted by molar-refractivity contribution is 5.87. The van der Waals surface area contributed by atoms with Crippen LogP contribution in [-0.4, -0.2) is 19.1 Å². The predicted molar refractivity (Wildman–Crippen MR) is 69.1 cm³/mol. The highest BCUT2D eigenvalue weighted by Gasteiger charge is 1.96. The Bertz CT molecular complexity index is 389. The lowest BCUT2D eigenvalue weighted by atomic mass is 10.2. The summed E-state index contributed by atoms with van der Waals surface area (Å²) < 4.78 is 5.48. The van der Waals surface area contributed by atoms with Crippen molar-refractivity contribution in [3.63, 3.8) is 0 Å². The first-order valence-corrected chi connectivity index (χ1v) is 5.70. The van der Waals surface area contributed by atoms with E-state index in [9.17, 15) is 4.79 Å². The Hall–Kier alpha value is -1.77. The standard InChI is InChI=1S/C14H19NO2/c1-11(2)10-14(16)15-8-9-17-13-6-4-12(3)5-7-13/h4-7,10H,8-9H2,1-3H3,(H,15,16). The zero-order chi connectivity index (χ0) is 12.7. The normalized spacial score (nSPS) is 9.59. The van der Waals surface area contributed by atoms with Crippen LogP contribution in [0.2, 0.25) is 0 Å². The van der Waals surface area contributed by atoms with Crippen LogP contribution in [0.25, 0.3) is 0 Å². The fraction of sp³-hybridized carbons (Fsp3) is 0.357. The van der Waals surface area contributed by atoms with Crippen LogP contribution >= 0.6 is 0 Å². The Kier molecular flexibility index (Phi) is 5.27. The molecule has 0 aromatic heterocycles. The molecule has 0 bridgehead atoms. The number of hydrogen-bond acceptors (Lipinski definition) is 2. The summed E-state index contributed by atoms with van der Waals surface area (Å²) in [5, 5.41) is 2.76. The molecule has 0 aliphatic carbocycles. The summed E-state index contributed by atoms with van der Waals surface area (Å²) >= 11 is 0. The molecule has 1 aromatic carbocycles. The van der Waals surface area contributed by atoms with Gasteiger partial charge in [0.1, 0.15) is 12.4 Å². The number of carbonyl (C=O) groups is 1. The van der Waals surface area contributed by atoms with Gasteiger partial charge in [-0.25, -0.2) is 0 Å². The molecule has 0 aliphatic rings. The van der Waals surface area contributed by atoms with Crippen LogP contribution in [0.15, 0.2) is 35.9 Å². The van der Waals surface area contributed by atoms with Gasteiger partial charge in [-0.05, 0) is 32.9 Å². The minimum atomic E-state index is -0.0718. The third-order valence-corrected chi connectivity index (χ3v) is 2.11. The highest BCUT2D eigenvalue weighted by Crippen LogP contribution is 2.10. The maximum absolute atomic E-state index is 11.3. The van der Waals surface area contributed by atoms with Gasteiger partial charge in [0.05, 0.1) is 6.54 Å². The minimum Gasteiger partial charge on any atom is -0.492 e. The van der Waals surface area contributed by atoms with Gasteiger partial charge in [0.15, 0.2) is 0 Å². The summed E-state index contributed by atoms with van der Waals surface area (Å²) in [5.41, 5.74) is 2.19. The summed E-state index contributed by atoms with van der Waals surface area (Å²) in [7, 11) is 0. The SMILES string of the molecule is CC(C)=CC(=O)NCCOc1ccc(C)cc1. The third-order valence-electron chi connectivity index (χ3n) is 2.11. The van der Waals surface area contributed by atoms with Crippen LogP contribution in [-0.2, 0) is 4.79 Å². The zero-order valence-electron chi connectivity index (χ0n) is 10.6. The van der Waals surface area contributed by atoms with Crippen molar-refractivity contribution in [3.8, 4) is 5.75 Å². The first kappa shape index (κ1) is 13.3. The molecule has 17 heavy (non-hydrogen) atoms. The van der Waals surface area contributed by atoms with Crippen molar-refractivity contribution in [2.45, 2.75) is 20.8 Å². The Morgan fingerprint density at radius 2 is 1.94 bits per heavy atom. The number of allylic oxidation sites excluding steroid dienone is 1. The maximum Gasteiger partial charge on any atom is 0.244 e. The molecule has 0 saturated carbocycles. The molecule has 3 heteroatoms. The van der Waals surface area contributed by atoms with Crippen molar-refractivity contribution in [2.24, 2.45) is 0 Å². The number of nitrogens with one attached hydrogen (secondary N) is 1. The highest BCUT2D eigenvalue weighted by atomic mass is 16.5. The van der Waals surface area contributed by atoms with E-state index in [1.165, 1.54) is 5.56 Å². The number of aryl methyl sites for hydroxylation is 1. The molecule has 3 nitrogen and oxygen atoms in total. The van der Waals surface area contributed by atoms with Crippen LogP contribution in [0.5, 0.6) is 5.75 Å². The number of benzene rings is 1. The summed E-state index contributed by atoms with van der Waals surface area (Å²) in [6.45, 7) is 6.80. The maximum atomic E-state index is 11.3. The van der Waals surface area contributed by atoms with E-state index < -0.39 is 0 Å². The molecule has 0 aliphatic heterocycles. The lowest BCUT2D eigenvalue weighted by Gasteiger charge is -2.06. The Labute approximate surface area is 102 Å². The van der Waals surface area contributed by atoms with Gasteiger partial charge in [-0.15, -0.1) is 0 Å². The van der Waals surface area contributed by atoms with Crippen LogP contribution in [0, 0.1) is 6.92 Å². The predicted octanol–water partition coefficient (Wildman–Crippen LogP) is 2.46. The average molecular weight is 233 g/mol. The fourth-order valence-corrected chi connectivity index (χ4v) is 1.29. The molecule has 1 aromatic rings. The van der Waals surface area contributed by atoms with Crippen LogP contribution < -0.4 is 10.1 Å². The van der Waals surface area contributed by atoms with Gasteiger partial charge in [0, 0.05) is 6.08 Å². The van der Waals surface area contributed by atoms with E-state index in [0.29, 0.717) is 13.2 Å². The van der Waals surface area contributed by atoms with E-state index in [4.69, 9.17) is 4.74 Å². The van der Waals surface area contributed by atoms with Crippen molar-refractivity contribution in [1.29, 1.82) is 0 Å². The van der Waals surface area contributed by atoms with Gasteiger partial charge in [0.25, 0.3) is 0 Å². The molecule has 1 N–H and O–H groups in total. The van der Waals surface area contributed by atoms with Crippen molar-refractivity contribution in [3.05, 3.63) is 41.5 Å². The number of carbonyl (C=O) groups excluding carboxylic acids is 1. The number of ether oxygens (including phenoxy) is 1. The molecule has 0 fully saturated rings. The molecule has 0 saturated heterocycles. The second kappa shape index (κ2) is 6.74. The van der Waals surface area contributed by atoms with Crippen molar-refractivity contribution < 1.29 is 9.53 Å².